The number of aliphatic carboxylic acids is 1. The summed E-state index contributed by atoms with van der Waals surface area (Å²) in [5.41, 5.74) is 0. The van der Waals surface area contributed by atoms with Crippen molar-refractivity contribution in [3.05, 3.63) is 0 Å². The lowest BCUT2D eigenvalue weighted by molar-refractivity contribution is -0.140. The SMILES string of the molecule is O=C(O)CC(=O)CC(=O)C1CCCCC1. The Morgan fingerprint density at radius 2 is 1.60 bits per heavy atom. The number of ketones is 2. The first-order valence-electron chi connectivity index (χ1n) is 5.36. The molecule has 1 rings (SSSR count). The second-order valence-electron chi connectivity index (χ2n) is 4.09. The average molecular weight is 212 g/mol. The molecule has 0 amide bonds. The highest BCUT2D eigenvalue weighted by molar-refractivity contribution is 6.05. The lowest BCUT2D eigenvalue weighted by Crippen LogP contribution is -2.21. The van der Waals surface area contributed by atoms with Crippen LogP contribution in [0.1, 0.15) is 44.9 Å². The zero-order valence-electron chi connectivity index (χ0n) is 8.70. The summed E-state index contributed by atoms with van der Waals surface area (Å²) in [5.74, 6) is -1.70. The number of Topliss-reactive ketones (excluding diaryl/α,β-unsaturated/α-hetero) is 2. The van der Waals surface area contributed by atoms with Crippen LogP contribution in [0.2, 0.25) is 0 Å². The monoisotopic (exact) mass is 212 g/mol. The van der Waals surface area contributed by atoms with Gasteiger partial charge >= 0.3 is 5.97 Å². The Labute approximate surface area is 88.7 Å². The zero-order chi connectivity index (χ0) is 11.3. The van der Waals surface area contributed by atoms with Gasteiger partial charge in [-0.25, -0.2) is 0 Å². The van der Waals surface area contributed by atoms with Crippen molar-refractivity contribution in [2.45, 2.75) is 44.9 Å². The van der Waals surface area contributed by atoms with Gasteiger partial charge in [0.25, 0.3) is 0 Å². The minimum absolute atomic E-state index is 0.00325. The van der Waals surface area contributed by atoms with Crippen LogP contribution in [-0.4, -0.2) is 22.6 Å². The van der Waals surface area contributed by atoms with E-state index in [1.54, 1.807) is 0 Å². The molecule has 0 heterocycles. The van der Waals surface area contributed by atoms with Gasteiger partial charge in [-0.15, -0.1) is 0 Å². The minimum atomic E-state index is -1.16. The van der Waals surface area contributed by atoms with Crippen LogP contribution in [0.4, 0.5) is 0 Å². The smallest absolute Gasteiger partial charge is 0.310 e. The summed E-state index contributed by atoms with van der Waals surface area (Å²) in [7, 11) is 0. The first kappa shape index (κ1) is 11.9. The topological polar surface area (TPSA) is 71.4 Å². The van der Waals surface area contributed by atoms with E-state index in [-0.39, 0.29) is 18.1 Å². The molecule has 0 aromatic rings. The predicted molar refractivity (Wildman–Crippen MR) is 53.5 cm³/mol. The second kappa shape index (κ2) is 5.63. The molecular formula is C11H16O4. The molecular weight excluding hydrogens is 196 g/mol. The number of rotatable bonds is 5. The molecule has 1 N–H and O–H groups in total. The third-order valence-corrected chi connectivity index (χ3v) is 2.78. The lowest BCUT2D eigenvalue weighted by atomic mass is 9.84. The van der Waals surface area contributed by atoms with E-state index in [2.05, 4.69) is 0 Å². The molecule has 1 aliphatic carbocycles. The van der Waals surface area contributed by atoms with E-state index in [1.165, 1.54) is 0 Å². The molecule has 0 aromatic carbocycles. The predicted octanol–water partition coefficient (Wildman–Crippen LogP) is 1.57. The Kier molecular flexibility index (Phi) is 4.46. The first-order valence-corrected chi connectivity index (χ1v) is 5.36. The maximum atomic E-state index is 11.6. The van der Waals surface area contributed by atoms with Gasteiger partial charge in [-0.05, 0) is 12.8 Å². The van der Waals surface area contributed by atoms with Gasteiger partial charge in [-0.1, -0.05) is 19.3 Å². The van der Waals surface area contributed by atoms with Gasteiger partial charge in [0.05, 0.1) is 6.42 Å². The standard InChI is InChI=1S/C11H16O4/c12-9(7-11(14)15)6-10(13)8-4-2-1-3-5-8/h8H,1-7H2,(H,14,15). The Morgan fingerprint density at radius 3 is 2.13 bits per heavy atom. The molecule has 4 nitrogen and oxygen atoms in total. The minimum Gasteiger partial charge on any atom is -0.481 e. The van der Waals surface area contributed by atoms with Crippen molar-refractivity contribution in [2.75, 3.05) is 0 Å². The van der Waals surface area contributed by atoms with Crippen LogP contribution < -0.4 is 0 Å². The molecule has 0 radical (unpaired) electrons. The van der Waals surface area contributed by atoms with Gasteiger partial charge in [0, 0.05) is 5.92 Å². The molecule has 15 heavy (non-hydrogen) atoms. The van der Waals surface area contributed by atoms with Crippen molar-refractivity contribution in [3.63, 3.8) is 0 Å². The zero-order valence-corrected chi connectivity index (χ0v) is 8.70. The van der Waals surface area contributed by atoms with Crippen LogP contribution in [0.5, 0.6) is 0 Å². The lowest BCUT2D eigenvalue weighted by Gasteiger charge is -2.19. The molecule has 4 heteroatoms. The van der Waals surface area contributed by atoms with Gasteiger partial charge in [0.2, 0.25) is 0 Å². The fourth-order valence-electron chi connectivity index (χ4n) is 1.99. The van der Waals surface area contributed by atoms with E-state index in [0.29, 0.717) is 0 Å². The van der Waals surface area contributed by atoms with Crippen molar-refractivity contribution in [3.8, 4) is 0 Å². The Bertz CT molecular complexity index is 264. The third-order valence-electron chi connectivity index (χ3n) is 2.78. The van der Waals surface area contributed by atoms with Gasteiger partial charge in [0.1, 0.15) is 12.2 Å². The van der Waals surface area contributed by atoms with Gasteiger partial charge in [0.15, 0.2) is 5.78 Å². The maximum absolute atomic E-state index is 11.6. The third kappa shape index (κ3) is 4.23. The summed E-state index contributed by atoms with van der Waals surface area (Å²) in [6.07, 6.45) is 4.24. The Morgan fingerprint density at radius 1 is 1.00 bits per heavy atom. The Balaban J connectivity index is 2.33. The van der Waals surface area contributed by atoms with Crippen molar-refractivity contribution in [2.24, 2.45) is 5.92 Å². The number of carboxylic acid groups (broad SMARTS) is 1. The molecule has 0 bridgehead atoms. The molecule has 0 aromatic heterocycles. The summed E-state index contributed by atoms with van der Waals surface area (Å²) in [6.45, 7) is 0. The fraction of sp³-hybridized carbons (Fsp3) is 0.727. The molecule has 0 atom stereocenters. The van der Waals surface area contributed by atoms with Crippen LogP contribution in [0.15, 0.2) is 0 Å². The van der Waals surface area contributed by atoms with Crippen molar-refractivity contribution < 1.29 is 19.5 Å². The average Bonchev–Trinajstić information content (AvgIpc) is 2.17. The summed E-state index contributed by atoms with van der Waals surface area (Å²) in [4.78, 5) is 32.9. The van der Waals surface area contributed by atoms with Gasteiger partial charge in [-0.2, -0.15) is 0 Å². The van der Waals surface area contributed by atoms with Crippen molar-refractivity contribution >= 4 is 17.5 Å². The molecule has 84 valence electrons. The normalized spacial score (nSPS) is 17.3. The summed E-state index contributed by atoms with van der Waals surface area (Å²) < 4.78 is 0. The van der Waals surface area contributed by atoms with E-state index in [1.807, 2.05) is 0 Å². The van der Waals surface area contributed by atoms with E-state index in [0.717, 1.165) is 32.1 Å². The first-order chi connectivity index (χ1) is 7.09. The highest BCUT2D eigenvalue weighted by Gasteiger charge is 2.23. The fourth-order valence-corrected chi connectivity index (χ4v) is 1.99. The van der Waals surface area contributed by atoms with Crippen LogP contribution in [0.25, 0.3) is 0 Å². The highest BCUT2D eigenvalue weighted by atomic mass is 16.4. The summed E-state index contributed by atoms with van der Waals surface area (Å²) in [5, 5.41) is 8.37. The second-order valence-corrected chi connectivity index (χ2v) is 4.09. The molecule has 0 saturated heterocycles. The van der Waals surface area contributed by atoms with E-state index >= 15 is 0 Å². The summed E-state index contributed by atoms with van der Waals surface area (Å²) in [6, 6.07) is 0. The van der Waals surface area contributed by atoms with Crippen LogP contribution in [-0.2, 0) is 14.4 Å². The van der Waals surface area contributed by atoms with Crippen LogP contribution >= 0.6 is 0 Å². The van der Waals surface area contributed by atoms with Gasteiger partial charge < -0.3 is 5.11 Å². The number of carbonyl (C=O) groups is 3. The largest absolute Gasteiger partial charge is 0.481 e. The summed E-state index contributed by atoms with van der Waals surface area (Å²) >= 11 is 0. The molecule has 0 spiro atoms. The highest BCUT2D eigenvalue weighted by Crippen LogP contribution is 2.25. The van der Waals surface area contributed by atoms with E-state index < -0.39 is 18.2 Å². The quantitative estimate of drug-likeness (QED) is 0.702. The molecule has 0 aliphatic heterocycles. The molecule has 0 unspecified atom stereocenters. The van der Waals surface area contributed by atoms with Crippen LogP contribution in [0, 0.1) is 5.92 Å². The van der Waals surface area contributed by atoms with E-state index in [9.17, 15) is 14.4 Å². The number of carboxylic acids is 1. The van der Waals surface area contributed by atoms with Crippen molar-refractivity contribution in [1.29, 1.82) is 0 Å². The Hall–Kier alpha value is -1.19. The number of carbonyl (C=O) groups excluding carboxylic acids is 2. The van der Waals surface area contributed by atoms with E-state index in [4.69, 9.17) is 5.11 Å². The number of hydrogen-bond acceptors (Lipinski definition) is 3. The van der Waals surface area contributed by atoms with Crippen molar-refractivity contribution in [1.82, 2.24) is 0 Å². The molecule has 1 fully saturated rings. The molecule has 1 aliphatic rings. The molecule has 1 saturated carbocycles. The van der Waals surface area contributed by atoms with Crippen LogP contribution in [0.3, 0.4) is 0 Å². The maximum Gasteiger partial charge on any atom is 0.310 e. The number of hydrogen-bond donors (Lipinski definition) is 1. The van der Waals surface area contributed by atoms with Gasteiger partial charge in [-0.3, -0.25) is 14.4 Å².